The number of aromatic carboxylic acids is 1. The van der Waals surface area contributed by atoms with E-state index in [9.17, 15) is 4.79 Å². The number of nitrogens with zero attached hydrogens (tertiary/aromatic N) is 3. The number of pyridine rings is 1. The largest absolute Gasteiger partial charge is 0.478 e. The summed E-state index contributed by atoms with van der Waals surface area (Å²) < 4.78 is 0. The first-order chi connectivity index (χ1) is 14.0. The Hall–Kier alpha value is -4.20. The molecule has 8 heteroatoms. The maximum absolute atomic E-state index is 11.0. The van der Waals surface area contributed by atoms with E-state index >= 15 is 0 Å². The zero-order valence-corrected chi connectivity index (χ0v) is 15.5. The van der Waals surface area contributed by atoms with Crippen molar-refractivity contribution in [3.8, 4) is 0 Å². The van der Waals surface area contributed by atoms with Crippen molar-refractivity contribution in [1.29, 1.82) is 0 Å². The second-order valence-electron chi connectivity index (χ2n) is 6.45. The highest BCUT2D eigenvalue weighted by Crippen LogP contribution is 2.30. The van der Waals surface area contributed by atoms with Crippen LogP contribution >= 0.6 is 0 Å². The van der Waals surface area contributed by atoms with E-state index in [1.54, 1.807) is 12.1 Å². The Kier molecular flexibility index (Phi) is 4.66. The lowest BCUT2D eigenvalue weighted by molar-refractivity contribution is 0.0697. The van der Waals surface area contributed by atoms with Gasteiger partial charge in [0.1, 0.15) is 12.0 Å². The number of hydrogen-bond acceptors (Lipinski definition) is 7. The molecule has 0 aliphatic rings. The van der Waals surface area contributed by atoms with Crippen LogP contribution in [0.25, 0.3) is 10.9 Å². The zero-order valence-electron chi connectivity index (χ0n) is 15.5. The number of aromatic nitrogens is 3. The number of carbonyl (C=O) groups is 1. The molecule has 2 heterocycles. The second kappa shape index (κ2) is 7.43. The summed E-state index contributed by atoms with van der Waals surface area (Å²) in [5.41, 5.74) is 9.98. The summed E-state index contributed by atoms with van der Waals surface area (Å²) in [4.78, 5) is 24.0. The molecular formula is C21H18N6O2. The van der Waals surface area contributed by atoms with Crippen molar-refractivity contribution in [3.63, 3.8) is 0 Å². The SMILES string of the molecule is Cc1ccc2cccc(Nc3ncnc(Nc4ccc(C(=O)O)cc4)c3N)c2n1. The fourth-order valence-corrected chi connectivity index (χ4v) is 2.90. The van der Waals surface area contributed by atoms with Crippen LogP contribution in [0.3, 0.4) is 0 Å². The summed E-state index contributed by atoms with van der Waals surface area (Å²) in [5.74, 6) is -0.126. The Labute approximate surface area is 166 Å². The number of hydrogen-bond donors (Lipinski definition) is 4. The summed E-state index contributed by atoms with van der Waals surface area (Å²) in [6.45, 7) is 1.94. The lowest BCUT2D eigenvalue weighted by Gasteiger charge is -2.14. The molecule has 0 saturated carbocycles. The standard InChI is InChI=1S/C21H18N6O2/c1-12-5-6-13-3-2-4-16(18(13)25-12)27-20-17(22)19(23-11-24-20)26-15-9-7-14(8-10-15)21(28)29/h2-11H,22H2,1H3,(H,28,29)(H2,23,24,26,27). The number of carboxylic acid groups (broad SMARTS) is 1. The summed E-state index contributed by atoms with van der Waals surface area (Å²) >= 11 is 0. The van der Waals surface area contributed by atoms with Gasteiger partial charge in [0.2, 0.25) is 0 Å². The molecule has 0 aliphatic heterocycles. The average molecular weight is 386 g/mol. The third-order valence-corrected chi connectivity index (χ3v) is 4.39. The third-order valence-electron chi connectivity index (χ3n) is 4.39. The first kappa shape index (κ1) is 18.2. The van der Waals surface area contributed by atoms with E-state index in [1.807, 2.05) is 37.3 Å². The van der Waals surface area contributed by atoms with Gasteiger partial charge in [0.15, 0.2) is 11.6 Å². The molecule has 4 rings (SSSR count). The molecule has 4 aromatic rings. The van der Waals surface area contributed by atoms with E-state index < -0.39 is 5.97 Å². The van der Waals surface area contributed by atoms with Gasteiger partial charge >= 0.3 is 5.97 Å². The normalized spacial score (nSPS) is 10.7. The summed E-state index contributed by atoms with van der Waals surface area (Å²) in [7, 11) is 0. The molecule has 29 heavy (non-hydrogen) atoms. The van der Waals surface area contributed by atoms with Gasteiger partial charge in [-0.05, 0) is 43.3 Å². The molecule has 144 valence electrons. The number of rotatable bonds is 5. The van der Waals surface area contributed by atoms with Crippen LogP contribution in [0.5, 0.6) is 0 Å². The van der Waals surface area contributed by atoms with Crippen LogP contribution in [0, 0.1) is 6.92 Å². The molecule has 0 spiro atoms. The first-order valence-electron chi connectivity index (χ1n) is 8.85. The van der Waals surface area contributed by atoms with Gasteiger partial charge in [-0.1, -0.05) is 18.2 Å². The molecule has 0 amide bonds. The Balaban J connectivity index is 1.63. The highest BCUT2D eigenvalue weighted by molar-refractivity contribution is 5.94. The number of fused-ring (bicyclic) bond motifs is 1. The van der Waals surface area contributed by atoms with Gasteiger partial charge in [-0.15, -0.1) is 0 Å². The van der Waals surface area contributed by atoms with Crippen LogP contribution in [0.4, 0.5) is 28.7 Å². The maximum atomic E-state index is 11.0. The van der Waals surface area contributed by atoms with Crippen LogP contribution in [-0.4, -0.2) is 26.0 Å². The van der Waals surface area contributed by atoms with Gasteiger partial charge in [0.05, 0.1) is 16.8 Å². The van der Waals surface area contributed by atoms with Gasteiger partial charge in [-0.2, -0.15) is 0 Å². The highest BCUT2D eigenvalue weighted by Gasteiger charge is 2.11. The van der Waals surface area contributed by atoms with E-state index in [0.717, 1.165) is 22.3 Å². The molecule has 0 radical (unpaired) electrons. The van der Waals surface area contributed by atoms with E-state index in [0.29, 0.717) is 23.0 Å². The van der Waals surface area contributed by atoms with E-state index in [-0.39, 0.29) is 5.56 Å². The minimum atomic E-state index is -0.983. The topological polar surface area (TPSA) is 126 Å². The van der Waals surface area contributed by atoms with Crippen molar-refractivity contribution in [1.82, 2.24) is 15.0 Å². The van der Waals surface area contributed by atoms with E-state index in [1.165, 1.54) is 18.5 Å². The number of para-hydroxylation sites is 1. The van der Waals surface area contributed by atoms with Gasteiger partial charge in [0.25, 0.3) is 0 Å². The quantitative estimate of drug-likeness (QED) is 0.404. The van der Waals surface area contributed by atoms with Crippen molar-refractivity contribution < 1.29 is 9.90 Å². The number of carboxylic acids is 1. The smallest absolute Gasteiger partial charge is 0.335 e. The van der Waals surface area contributed by atoms with Crippen molar-refractivity contribution in [3.05, 3.63) is 72.2 Å². The second-order valence-corrected chi connectivity index (χ2v) is 6.45. The Morgan fingerprint density at radius 3 is 2.41 bits per heavy atom. The molecule has 0 unspecified atom stereocenters. The lowest BCUT2D eigenvalue weighted by atomic mass is 10.1. The monoisotopic (exact) mass is 386 g/mol. The third kappa shape index (κ3) is 3.77. The predicted octanol–water partition coefficient (Wildman–Crippen LogP) is 4.10. The molecule has 0 saturated heterocycles. The van der Waals surface area contributed by atoms with Crippen LogP contribution < -0.4 is 16.4 Å². The average Bonchev–Trinajstić information content (AvgIpc) is 2.72. The van der Waals surface area contributed by atoms with Gasteiger partial charge in [-0.25, -0.2) is 14.8 Å². The van der Waals surface area contributed by atoms with E-state index in [2.05, 4.69) is 25.6 Å². The molecule has 0 aliphatic carbocycles. The lowest BCUT2D eigenvalue weighted by Crippen LogP contribution is -2.06. The maximum Gasteiger partial charge on any atom is 0.335 e. The number of nitrogens with one attached hydrogen (secondary N) is 2. The molecule has 0 fully saturated rings. The van der Waals surface area contributed by atoms with Gasteiger partial charge in [-0.3, -0.25) is 4.98 Å². The van der Waals surface area contributed by atoms with Crippen LogP contribution in [0.15, 0.2) is 60.9 Å². The highest BCUT2D eigenvalue weighted by atomic mass is 16.4. The number of benzene rings is 2. The van der Waals surface area contributed by atoms with Gasteiger partial charge < -0.3 is 21.5 Å². The van der Waals surface area contributed by atoms with Crippen LogP contribution in [0.1, 0.15) is 16.1 Å². The summed E-state index contributed by atoms with van der Waals surface area (Å²) in [5, 5.41) is 16.3. The molecule has 0 atom stereocenters. The Morgan fingerprint density at radius 1 is 0.966 bits per heavy atom. The van der Waals surface area contributed by atoms with Crippen LogP contribution in [-0.2, 0) is 0 Å². The fraction of sp³-hybridized carbons (Fsp3) is 0.0476. The molecule has 0 bridgehead atoms. The number of anilines is 5. The molecule has 2 aromatic heterocycles. The Bertz CT molecular complexity index is 1210. The predicted molar refractivity (Wildman–Crippen MR) is 113 cm³/mol. The van der Waals surface area contributed by atoms with Crippen LogP contribution in [0.2, 0.25) is 0 Å². The molecule has 2 aromatic carbocycles. The summed E-state index contributed by atoms with van der Waals surface area (Å²) in [6, 6.07) is 16.1. The molecule has 8 nitrogen and oxygen atoms in total. The first-order valence-corrected chi connectivity index (χ1v) is 8.85. The number of nitrogens with two attached hydrogens (primary N) is 1. The molecule has 5 N–H and O–H groups in total. The fourth-order valence-electron chi connectivity index (χ4n) is 2.90. The minimum Gasteiger partial charge on any atom is -0.478 e. The van der Waals surface area contributed by atoms with Crippen molar-refractivity contribution >= 4 is 45.6 Å². The Morgan fingerprint density at radius 2 is 1.69 bits per heavy atom. The van der Waals surface area contributed by atoms with Crippen molar-refractivity contribution in [2.45, 2.75) is 6.92 Å². The van der Waals surface area contributed by atoms with E-state index in [4.69, 9.17) is 10.8 Å². The van der Waals surface area contributed by atoms with Crippen molar-refractivity contribution in [2.75, 3.05) is 16.4 Å². The number of aryl methyl sites for hydroxylation is 1. The van der Waals surface area contributed by atoms with Crippen molar-refractivity contribution in [2.24, 2.45) is 0 Å². The molecular weight excluding hydrogens is 368 g/mol. The summed E-state index contributed by atoms with van der Waals surface area (Å²) in [6.07, 6.45) is 1.40. The minimum absolute atomic E-state index is 0.201. The number of nitrogen functional groups attached to an aromatic ring is 1. The zero-order chi connectivity index (χ0) is 20.4. The van der Waals surface area contributed by atoms with Gasteiger partial charge in [0, 0.05) is 16.8 Å².